The molecule has 0 saturated carbocycles. The van der Waals surface area contributed by atoms with E-state index in [-0.39, 0.29) is 11.7 Å². The summed E-state index contributed by atoms with van der Waals surface area (Å²) in [4.78, 5) is 12.4. The lowest BCUT2D eigenvalue weighted by Gasteiger charge is -2.18. The molecule has 0 fully saturated rings. The Morgan fingerprint density at radius 3 is 2.44 bits per heavy atom. The zero-order valence-electron chi connectivity index (χ0n) is 13.8. The lowest BCUT2D eigenvalue weighted by molar-refractivity contribution is 0.0991. The fraction of sp³-hybridized carbons (Fsp3) is 0.105. The Bertz CT molecular complexity index is 981. The number of anilines is 1. The minimum Gasteiger partial charge on any atom is -0.486 e. The molecule has 0 saturated heterocycles. The molecule has 0 bridgehead atoms. The molecule has 1 amide bonds. The van der Waals surface area contributed by atoms with Crippen LogP contribution in [0.4, 0.5) is 5.69 Å². The molecule has 1 N–H and O–H groups in total. The maximum absolute atomic E-state index is 12.4. The van der Waals surface area contributed by atoms with Gasteiger partial charge in [-0.05, 0) is 36.4 Å². The number of ether oxygens (including phenoxy) is 3. The predicted molar refractivity (Wildman–Crippen MR) is 101 cm³/mol. The van der Waals surface area contributed by atoms with Crippen molar-refractivity contribution >= 4 is 34.8 Å². The molecule has 0 aliphatic carbocycles. The van der Waals surface area contributed by atoms with Gasteiger partial charge >= 0.3 is 0 Å². The van der Waals surface area contributed by atoms with Gasteiger partial charge in [-0.1, -0.05) is 23.2 Å². The third kappa shape index (κ3) is 4.13. The molecule has 3 aromatic rings. The van der Waals surface area contributed by atoms with Gasteiger partial charge in [0.15, 0.2) is 17.3 Å². The van der Waals surface area contributed by atoms with Gasteiger partial charge in [0.25, 0.3) is 11.9 Å². The van der Waals surface area contributed by atoms with Gasteiger partial charge in [-0.25, -0.2) is 0 Å². The van der Waals surface area contributed by atoms with Crippen molar-refractivity contribution in [2.75, 3.05) is 18.5 Å². The van der Waals surface area contributed by atoms with Gasteiger partial charge < -0.3 is 23.9 Å². The summed E-state index contributed by atoms with van der Waals surface area (Å²) < 4.78 is 21.9. The molecule has 0 radical (unpaired) electrons. The summed E-state index contributed by atoms with van der Waals surface area (Å²) in [5.74, 6) is 1.44. The van der Waals surface area contributed by atoms with Crippen LogP contribution in [0.3, 0.4) is 0 Å². The molecule has 0 atom stereocenters. The summed E-state index contributed by atoms with van der Waals surface area (Å²) >= 11 is 11.9. The lowest BCUT2D eigenvalue weighted by Crippen LogP contribution is -2.16. The van der Waals surface area contributed by atoms with Crippen LogP contribution >= 0.6 is 23.2 Å². The highest BCUT2D eigenvalue weighted by Gasteiger charge is 2.16. The van der Waals surface area contributed by atoms with Crippen LogP contribution < -0.4 is 19.5 Å². The van der Waals surface area contributed by atoms with Gasteiger partial charge in [0.2, 0.25) is 0 Å². The van der Waals surface area contributed by atoms with Crippen LogP contribution in [0.5, 0.6) is 23.2 Å². The zero-order valence-corrected chi connectivity index (χ0v) is 15.3. The Hall–Kier alpha value is -2.83. The summed E-state index contributed by atoms with van der Waals surface area (Å²) in [5.41, 5.74) is 0.560. The number of fused-ring (bicyclic) bond motifs is 1. The van der Waals surface area contributed by atoms with Crippen LogP contribution in [0.15, 0.2) is 52.9 Å². The molecule has 138 valence electrons. The third-order valence-corrected chi connectivity index (χ3v) is 4.10. The van der Waals surface area contributed by atoms with Crippen molar-refractivity contribution < 1.29 is 23.4 Å². The molecular weight excluding hydrogens is 393 g/mol. The number of carbonyl (C=O) groups is 1. The first kappa shape index (κ1) is 17.6. The van der Waals surface area contributed by atoms with Crippen LogP contribution in [0.25, 0.3) is 0 Å². The number of amides is 1. The summed E-state index contributed by atoms with van der Waals surface area (Å²) in [6.45, 7) is 0.975. The highest BCUT2D eigenvalue weighted by molar-refractivity contribution is 6.34. The highest BCUT2D eigenvalue weighted by Crippen LogP contribution is 2.33. The van der Waals surface area contributed by atoms with E-state index < -0.39 is 5.91 Å². The summed E-state index contributed by atoms with van der Waals surface area (Å²) in [6.07, 6.45) is 0. The van der Waals surface area contributed by atoms with Crippen LogP contribution in [0, 0.1) is 0 Å². The monoisotopic (exact) mass is 405 g/mol. The summed E-state index contributed by atoms with van der Waals surface area (Å²) in [5, 5.41) is 3.60. The average Bonchev–Trinajstić information content (AvgIpc) is 3.09. The number of nitrogens with one attached hydrogen (secondary N) is 1. The number of furan rings is 1. The Morgan fingerprint density at radius 1 is 0.926 bits per heavy atom. The van der Waals surface area contributed by atoms with Crippen molar-refractivity contribution in [1.82, 2.24) is 0 Å². The van der Waals surface area contributed by atoms with E-state index in [1.54, 1.807) is 36.4 Å². The molecule has 1 aliphatic heterocycles. The van der Waals surface area contributed by atoms with E-state index in [4.69, 9.17) is 41.8 Å². The van der Waals surface area contributed by atoms with Crippen molar-refractivity contribution in [3.63, 3.8) is 0 Å². The van der Waals surface area contributed by atoms with Crippen LogP contribution in [-0.4, -0.2) is 19.1 Å². The van der Waals surface area contributed by atoms with E-state index in [0.29, 0.717) is 46.2 Å². The second-order valence-corrected chi connectivity index (χ2v) is 6.51. The molecule has 2 aromatic carbocycles. The van der Waals surface area contributed by atoms with Gasteiger partial charge in [0.05, 0.1) is 0 Å². The van der Waals surface area contributed by atoms with E-state index in [0.717, 1.165) is 0 Å². The van der Waals surface area contributed by atoms with E-state index in [1.807, 2.05) is 0 Å². The molecule has 1 aliphatic rings. The Kier molecular flexibility index (Phi) is 4.83. The van der Waals surface area contributed by atoms with Crippen molar-refractivity contribution in [2.45, 2.75) is 0 Å². The molecule has 0 spiro atoms. The lowest BCUT2D eigenvalue weighted by atomic mass is 10.2. The van der Waals surface area contributed by atoms with Crippen LogP contribution in [0.2, 0.25) is 10.0 Å². The van der Waals surface area contributed by atoms with Gasteiger partial charge in [-0.3, -0.25) is 4.79 Å². The quantitative estimate of drug-likeness (QED) is 0.628. The molecule has 0 unspecified atom stereocenters. The number of hydrogen-bond acceptors (Lipinski definition) is 5. The van der Waals surface area contributed by atoms with E-state index >= 15 is 0 Å². The fourth-order valence-corrected chi connectivity index (χ4v) is 3.02. The van der Waals surface area contributed by atoms with E-state index in [1.165, 1.54) is 12.1 Å². The number of carbonyl (C=O) groups excluding carboxylic acids is 1. The molecule has 6 nitrogen and oxygen atoms in total. The predicted octanol–water partition coefficient (Wildman–Crippen LogP) is 5.40. The number of halogens is 2. The van der Waals surface area contributed by atoms with E-state index in [2.05, 4.69) is 5.32 Å². The maximum Gasteiger partial charge on any atom is 0.291 e. The fourth-order valence-electron chi connectivity index (χ4n) is 2.51. The number of hydrogen-bond donors (Lipinski definition) is 1. The number of benzene rings is 2. The molecule has 1 aromatic heterocycles. The zero-order chi connectivity index (χ0) is 18.8. The topological polar surface area (TPSA) is 69.9 Å². The minimum atomic E-state index is -0.425. The van der Waals surface area contributed by atoms with Gasteiger partial charge in [0, 0.05) is 27.9 Å². The summed E-state index contributed by atoms with van der Waals surface area (Å²) in [7, 11) is 0. The van der Waals surface area contributed by atoms with Crippen molar-refractivity contribution in [2.24, 2.45) is 0 Å². The molecule has 4 rings (SSSR count). The van der Waals surface area contributed by atoms with Gasteiger partial charge in [0.1, 0.15) is 19.0 Å². The maximum atomic E-state index is 12.4. The molecule has 27 heavy (non-hydrogen) atoms. The Labute approximate surface area is 164 Å². The standard InChI is InChI=1S/C19H13Cl2NO5/c20-11-7-12(21)9-14(8-11)26-18-4-3-16(27-18)19(23)22-13-1-2-15-17(10-13)25-6-5-24-15/h1-4,7-10H,5-6H2,(H,22,23). The third-order valence-electron chi connectivity index (χ3n) is 3.66. The molecule has 2 heterocycles. The van der Waals surface area contributed by atoms with Gasteiger partial charge in [-0.2, -0.15) is 0 Å². The average molecular weight is 406 g/mol. The largest absolute Gasteiger partial charge is 0.486 e. The number of rotatable bonds is 4. The summed E-state index contributed by atoms with van der Waals surface area (Å²) in [6, 6.07) is 13.0. The second kappa shape index (κ2) is 7.42. The Balaban J connectivity index is 1.45. The van der Waals surface area contributed by atoms with Gasteiger partial charge in [-0.15, -0.1) is 0 Å². The van der Waals surface area contributed by atoms with E-state index in [9.17, 15) is 4.79 Å². The minimum absolute atomic E-state index is 0.0908. The first-order valence-electron chi connectivity index (χ1n) is 8.01. The Morgan fingerprint density at radius 2 is 1.67 bits per heavy atom. The first-order chi connectivity index (χ1) is 13.1. The first-order valence-corrected chi connectivity index (χ1v) is 8.77. The van der Waals surface area contributed by atoms with Crippen molar-refractivity contribution in [3.05, 3.63) is 64.3 Å². The smallest absolute Gasteiger partial charge is 0.291 e. The highest BCUT2D eigenvalue weighted by atomic mass is 35.5. The normalized spacial score (nSPS) is 12.5. The van der Waals surface area contributed by atoms with Crippen molar-refractivity contribution in [3.8, 4) is 23.2 Å². The molecule has 8 heteroatoms. The molecular formula is C19H13Cl2NO5. The second-order valence-electron chi connectivity index (χ2n) is 5.64. The van der Waals surface area contributed by atoms with Crippen LogP contribution in [0.1, 0.15) is 10.6 Å². The van der Waals surface area contributed by atoms with Crippen LogP contribution in [-0.2, 0) is 0 Å². The SMILES string of the molecule is O=C(Nc1ccc2c(c1)OCCO2)c1ccc(Oc2cc(Cl)cc(Cl)c2)o1. The van der Waals surface area contributed by atoms with Crippen molar-refractivity contribution in [1.29, 1.82) is 0 Å².